The number of imidazole rings is 1. The van der Waals surface area contributed by atoms with Gasteiger partial charge in [-0.05, 0) is 51.4 Å². The Morgan fingerprint density at radius 2 is 2.00 bits per heavy atom. The number of aromatic nitrogens is 5. The molecular weight excluding hydrogens is 433 g/mol. The normalized spacial score (nSPS) is 15.9. The smallest absolute Gasteiger partial charge is 0.243 e. The van der Waals surface area contributed by atoms with Gasteiger partial charge in [0.05, 0.1) is 17.9 Å². The quantitative estimate of drug-likeness (QED) is 0.493. The van der Waals surface area contributed by atoms with E-state index < -0.39 is 6.67 Å². The minimum absolute atomic E-state index is 0.267. The highest BCUT2D eigenvalue weighted by atomic mass is 19.1. The molecule has 1 fully saturated rings. The monoisotopic (exact) mass is 469 g/mol. The second kappa shape index (κ2) is 10.5. The second-order valence-electron chi connectivity index (χ2n) is 9.43. The van der Waals surface area contributed by atoms with E-state index in [0.717, 1.165) is 55.0 Å². The van der Waals surface area contributed by atoms with Gasteiger partial charge in [0.15, 0.2) is 11.5 Å². The van der Waals surface area contributed by atoms with E-state index in [-0.39, 0.29) is 11.9 Å². The minimum atomic E-state index is -0.490. The lowest BCUT2D eigenvalue weighted by molar-refractivity contribution is 0.249. The highest BCUT2D eigenvalue weighted by molar-refractivity contribution is 5.61. The van der Waals surface area contributed by atoms with E-state index in [1.54, 1.807) is 10.7 Å². The molecule has 0 spiro atoms. The predicted octanol–water partition coefficient (Wildman–Crippen LogP) is 3.08. The number of fused-ring (bicyclic) bond motifs is 1. The molecule has 1 saturated heterocycles. The lowest BCUT2D eigenvalue weighted by Gasteiger charge is -2.36. The summed E-state index contributed by atoms with van der Waals surface area (Å²) >= 11 is 0. The highest BCUT2D eigenvalue weighted by Gasteiger charge is 2.22. The van der Waals surface area contributed by atoms with Gasteiger partial charge in [0.1, 0.15) is 12.5 Å². The number of anilines is 3. The molecule has 1 aliphatic heterocycles. The molecule has 0 saturated carbocycles. The van der Waals surface area contributed by atoms with E-state index >= 15 is 0 Å². The summed E-state index contributed by atoms with van der Waals surface area (Å²) in [6.07, 6.45) is 8.16. The zero-order valence-electron chi connectivity index (χ0n) is 20.6. The van der Waals surface area contributed by atoms with E-state index in [9.17, 15) is 4.39 Å². The minimum Gasteiger partial charge on any atom is -0.380 e. The van der Waals surface area contributed by atoms with E-state index in [1.165, 1.54) is 0 Å². The Bertz CT molecular complexity index is 1110. The molecule has 4 heterocycles. The maximum absolute atomic E-state index is 13.3. The maximum atomic E-state index is 13.3. The third kappa shape index (κ3) is 5.22. The second-order valence-corrected chi connectivity index (χ2v) is 9.43. The number of nitrogens with zero attached hydrogens (tertiary/aromatic N) is 7. The zero-order chi connectivity index (χ0) is 24.2. The van der Waals surface area contributed by atoms with E-state index in [1.807, 2.05) is 13.1 Å². The van der Waals surface area contributed by atoms with Crippen LogP contribution in [0.2, 0.25) is 0 Å². The molecule has 0 aromatic carbocycles. The number of halogens is 1. The lowest BCUT2D eigenvalue weighted by atomic mass is 10.0. The molecule has 184 valence electrons. The average Bonchev–Trinajstić information content (AvgIpc) is 3.22. The molecule has 1 aliphatic rings. The fourth-order valence-electron chi connectivity index (χ4n) is 4.71. The number of nitrogens with two attached hydrogens (primary N) is 1. The number of alkyl halides is 1. The summed E-state index contributed by atoms with van der Waals surface area (Å²) in [6.45, 7) is 5.69. The van der Waals surface area contributed by atoms with Crippen molar-refractivity contribution in [2.24, 2.45) is 0 Å². The number of hydrogen-bond acceptors (Lipinski definition) is 8. The van der Waals surface area contributed by atoms with Crippen LogP contribution in [0, 0.1) is 6.92 Å². The first-order chi connectivity index (χ1) is 16.4. The average molecular weight is 470 g/mol. The van der Waals surface area contributed by atoms with Gasteiger partial charge < -0.3 is 20.9 Å². The molecule has 1 atom stereocenters. The van der Waals surface area contributed by atoms with E-state index in [4.69, 9.17) is 10.7 Å². The highest BCUT2D eigenvalue weighted by Crippen LogP contribution is 2.25. The first kappa shape index (κ1) is 24.1. The van der Waals surface area contributed by atoms with Crippen LogP contribution in [-0.4, -0.2) is 75.4 Å². The summed E-state index contributed by atoms with van der Waals surface area (Å²) in [5, 5.41) is 7.61. The van der Waals surface area contributed by atoms with Crippen LogP contribution in [0.5, 0.6) is 0 Å². The van der Waals surface area contributed by atoms with Gasteiger partial charge in [-0.3, -0.25) is 0 Å². The molecular formula is C24H36FN9. The van der Waals surface area contributed by atoms with Crippen LogP contribution in [0.1, 0.15) is 49.4 Å². The molecule has 10 heteroatoms. The SMILES string of the molecule is CCC[C@@H](CF)Nc1nc(N)c2ncc(Cc3cnc(N4CCC(N(C)C)CC4)c(C)c3)n2n1. The molecule has 3 aromatic rings. The molecule has 0 radical (unpaired) electrons. The van der Waals surface area contributed by atoms with Gasteiger partial charge in [0.25, 0.3) is 0 Å². The van der Waals surface area contributed by atoms with Crippen molar-refractivity contribution in [3.8, 4) is 0 Å². The van der Waals surface area contributed by atoms with Crippen LogP contribution in [0.15, 0.2) is 18.5 Å². The number of nitrogen functional groups attached to an aromatic ring is 1. The van der Waals surface area contributed by atoms with Crippen LogP contribution in [0.25, 0.3) is 5.65 Å². The fourth-order valence-corrected chi connectivity index (χ4v) is 4.71. The number of hydrogen-bond donors (Lipinski definition) is 2. The van der Waals surface area contributed by atoms with Crippen molar-refractivity contribution < 1.29 is 4.39 Å². The summed E-state index contributed by atoms with van der Waals surface area (Å²) < 4.78 is 15.0. The van der Waals surface area contributed by atoms with Crippen LogP contribution >= 0.6 is 0 Å². The van der Waals surface area contributed by atoms with Crippen LogP contribution in [0.4, 0.5) is 22.0 Å². The molecule has 34 heavy (non-hydrogen) atoms. The summed E-state index contributed by atoms with van der Waals surface area (Å²) in [5.41, 5.74) is 9.73. The molecule has 0 unspecified atom stereocenters. The molecule has 4 rings (SSSR count). The van der Waals surface area contributed by atoms with Crippen molar-refractivity contribution in [1.82, 2.24) is 29.5 Å². The molecule has 3 N–H and O–H groups in total. The number of rotatable bonds is 9. The molecule has 0 aliphatic carbocycles. The Hall–Kier alpha value is -3.01. The Morgan fingerprint density at radius 1 is 1.24 bits per heavy atom. The molecule has 0 bridgehead atoms. The molecule has 9 nitrogen and oxygen atoms in total. The van der Waals surface area contributed by atoms with Crippen molar-refractivity contribution in [2.45, 2.75) is 58.0 Å². The largest absolute Gasteiger partial charge is 0.380 e. The fraction of sp³-hybridized carbons (Fsp3) is 0.583. The molecule has 0 amide bonds. The summed E-state index contributed by atoms with van der Waals surface area (Å²) in [5.74, 6) is 1.64. The van der Waals surface area contributed by atoms with Crippen molar-refractivity contribution in [3.05, 3.63) is 35.3 Å². The van der Waals surface area contributed by atoms with Gasteiger partial charge in [-0.2, -0.15) is 4.98 Å². The molecule has 3 aromatic heterocycles. The summed E-state index contributed by atoms with van der Waals surface area (Å²) in [7, 11) is 4.31. The Labute approximate surface area is 200 Å². The van der Waals surface area contributed by atoms with Gasteiger partial charge in [-0.15, -0.1) is 5.10 Å². The first-order valence-corrected chi connectivity index (χ1v) is 12.1. The first-order valence-electron chi connectivity index (χ1n) is 12.1. The van der Waals surface area contributed by atoms with Crippen molar-refractivity contribution in [3.63, 3.8) is 0 Å². The number of aryl methyl sites for hydroxylation is 1. The van der Waals surface area contributed by atoms with Crippen LogP contribution < -0.4 is 16.0 Å². The Kier molecular flexibility index (Phi) is 7.45. The van der Waals surface area contributed by atoms with Gasteiger partial charge in [0.2, 0.25) is 5.95 Å². The number of pyridine rings is 1. The summed E-state index contributed by atoms with van der Waals surface area (Å²) in [4.78, 5) is 18.2. The van der Waals surface area contributed by atoms with Crippen molar-refractivity contribution in [1.29, 1.82) is 0 Å². The number of nitrogens with one attached hydrogen (secondary N) is 1. The van der Waals surface area contributed by atoms with Crippen molar-refractivity contribution >= 4 is 23.2 Å². The predicted molar refractivity (Wildman–Crippen MR) is 134 cm³/mol. The van der Waals surface area contributed by atoms with E-state index in [2.05, 4.69) is 57.3 Å². The lowest BCUT2D eigenvalue weighted by Crippen LogP contribution is -2.42. The topological polar surface area (TPSA) is 100 Å². The third-order valence-electron chi connectivity index (χ3n) is 6.60. The Morgan fingerprint density at radius 3 is 2.65 bits per heavy atom. The van der Waals surface area contributed by atoms with Gasteiger partial charge in [-0.1, -0.05) is 19.4 Å². The van der Waals surface area contributed by atoms with Gasteiger partial charge in [-0.25, -0.2) is 18.9 Å². The Balaban J connectivity index is 1.51. The van der Waals surface area contributed by atoms with Crippen LogP contribution in [-0.2, 0) is 6.42 Å². The van der Waals surface area contributed by atoms with Crippen LogP contribution in [0.3, 0.4) is 0 Å². The van der Waals surface area contributed by atoms with Crippen molar-refractivity contribution in [2.75, 3.05) is 49.8 Å². The standard InChI is InChI=1S/C24H36FN9/c1-5-6-18(13-25)29-24-30-21(26)23-28-15-20(34(23)31-24)12-17-11-16(2)22(27-14-17)33-9-7-19(8-10-33)32(3)4/h11,14-15,18-19H,5-10,12-13H2,1-4H3,(H3,26,29,30,31)/t18-/m0/s1. The zero-order valence-corrected chi connectivity index (χ0v) is 20.6. The number of piperidine rings is 1. The van der Waals surface area contributed by atoms with Gasteiger partial charge in [0, 0.05) is 31.7 Å². The summed E-state index contributed by atoms with van der Waals surface area (Å²) in [6, 6.07) is 2.49. The maximum Gasteiger partial charge on any atom is 0.243 e. The van der Waals surface area contributed by atoms with Gasteiger partial charge >= 0.3 is 0 Å². The van der Waals surface area contributed by atoms with E-state index in [0.29, 0.717) is 30.5 Å². The third-order valence-corrected chi connectivity index (χ3v) is 6.60.